The molecule has 0 radical (unpaired) electrons. The molecule has 0 saturated heterocycles. The summed E-state index contributed by atoms with van der Waals surface area (Å²) in [4.78, 5) is 0. The third-order valence-corrected chi connectivity index (χ3v) is 5.97. The van der Waals surface area contributed by atoms with Gasteiger partial charge in [-0.2, -0.15) is 0 Å². The zero-order chi connectivity index (χ0) is 18.1. The summed E-state index contributed by atoms with van der Waals surface area (Å²) in [6.07, 6.45) is 8.22. The summed E-state index contributed by atoms with van der Waals surface area (Å²) in [5, 5.41) is 8.55. The average molecular weight is 373 g/mol. The fourth-order valence-corrected chi connectivity index (χ4v) is 5.35. The molecule has 6 heteroatoms. The van der Waals surface area contributed by atoms with Crippen LogP contribution in [0.5, 0.6) is 0 Å². The van der Waals surface area contributed by atoms with Crippen molar-refractivity contribution in [3.05, 3.63) is 0 Å². The van der Waals surface area contributed by atoms with Crippen molar-refractivity contribution in [2.45, 2.75) is 44.1 Å². The molecule has 4 rings (SSSR count). The molecule has 0 spiro atoms. The second-order valence-electron chi connectivity index (χ2n) is 8.12. The molecule has 26 heavy (non-hydrogen) atoms. The highest BCUT2D eigenvalue weighted by atomic mass is 16.6. The zero-order valence-corrected chi connectivity index (χ0v) is 16.0. The van der Waals surface area contributed by atoms with Gasteiger partial charge in [0.25, 0.3) is 0 Å². The second kappa shape index (κ2) is 10.9. The Morgan fingerprint density at radius 1 is 0.577 bits per heavy atom. The Bertz CT molecular complexity index is 353. The Kier molecular flexibility index (Phi) is 8.62. The first-order valence-corrected chi connectivity index (χ1v) is 10.4. The molecule has 4 bridgehead atoms. The first-order chi connectivity index (χ1) is 12.8. The molecule has 0 aromatic carbocycles. The molecule has 0 atom stereocenters. The Morgan fingerprint density at radius 2 is 0.962 bits per heavy atom. The number of ether oxygens (including phenoxy) is 5. The number of rotatable bonds is 15. The van der Waals surface area contributed by atoms with Gasteiger partial charge in [0.1, 0.15) is 0 Å². The van der Waals surface area contributed by atoms with Crippen LogP contribution < -0.4 is 0 Å². The van der Waals surface area contributed by atoms with E-state index in [2.05, 4.69) is 0 Å². The van der Waals surface area contributed by atoms with E-state index < -0.39 is 0 Å². The summed E-state index contributed by atoms with van der Waals surface area (Å²) in [5.74, 6) is 2.79. The van der Waals surface area contributed by atoms with E-state index in [0.29, 0.717) is 59.5 Å². The highest BCUT2D eigenvalue weighted by molar-refractivity contribution is 5.03. The van der Waals surface area contributed by atoms with Crippen molar-refractivity contribution >= 4 is 0 Å². The van der Waals surface area contributed by atoms with Gasteiger partial charge in [-0.15, -0.1) is 0 Å². The quantitative estimate of drug-likeness (QED) is 0.444. The minimum absolute atomic E-state index is 0.0523. The topological polar surface area (TPSA) is 66.4 Å². The lowest BCUT2D eigenvalue weighted by atomic mass is 9.54. The molecule has 1 N–H and O–H groups in total. The SMILES string of the molecule is OCCOCCOCCOCCOCCOC12CC3CC(CC(C3)C1)C2. The number of hydrogen-bond acceptors (Lipinski definition) is 6. The van der Waals surface area contributed by atoms with Crippen LogP contribution in [0.2, 0.25) is 0 Å². The number of hydrogen-bond donors (Lipinski definition) is 1. The van der Waals surface area contributed by atoms with Crippen molar-refractivity contribution in [2.75, 3.05) is 66.1 Å². The molecular formula is C20H36O6. The molecule has 0 amide bonds. The second-order valence-corrected chi connectivity index (χ2v) is 8.12. The van der Waals surface area contributed by atoms with Crippen molar-refractivity contribution < 1.29 is 28.8 Å². The van der Waals surface area contributed by atoms with Gasteiger partial charge in [-0.05, 0) is 56.3 Å². The first-order valence-electron chi connectivity index (χ1n) is 10.4. The number of aliphatic hydroxyl groups excluding tert-OH is 1. The van der Waals surface area contributed by atoms with Crippen LogP contribution in [0.3, 0.4) is 0 Å². The van der Waals surface area contributed by atoms with Crippen molar-refractivity contribution in [1.29, 1.82) is 0 Å². The van der Waals surface area contributed by atoms with Crippen LogP contribution in [0, 0.1) is 17.8 Å². The highest BCUT2D eigenvalue weighted by Gasteiger charge is 2.51. The van der Waals surface area contributed by atoms with E-state index in [1.165, 1.54) is 38.5 Å². The van der Waals surface area contributed by atoms with Crippen LogP contribution in [-0.4, -0.2) is 76.8 Å². The van der Waals surface area contributed by atoms with E-state index in [9.17, 15) is 0 Å². The molecule has 4 saturated carbocycles. The Labute approximate surface area is 157 Å². The van der Waals surface area contributed by atoms with Gasteiger partial charge in [0.05, 0.1) is 71.7 Å². The third kappa shape index (κ3) is 6.43. The van der Waals surface area contributed by atoms with Crippen LogP contribution in [0.1, 0.15) is 38.5 Å². The Hall–Kier alpha value is -0.240. The fourth-order valence-electron chi connectivity index (χ4n) is 5.35. The van der Waals surface area contributed by atoms with Gasteiger partial charge in [0.15, 0.2) is 0 Å². The van der Waals surface area contributed by atoms with E-state index in [0.717, 1.165) is 17.8 Å². The average Bonchev–Trinajstić information content (AvgIpc) is 2.61. The van der Waals surface area contributed by atoms with Gasteiger partial charge in [0.2, 0.25) is 0 Å². The maximum atomic E-state index is 8.55. The van der Waals surface area contributed by atoms with E-state index in [4.69, 9.17) is 28.8 Å². The van der Waals surface area contributed by atoms with E-state index in [1.807, 2.05) is 0 Å². The molecule has 0 unspecified atom stereocenters. The zero-order valence-electron chi connectivity index (χ0n) is 16.0. The Balaban J connectivity index is 1.11. The summed E-state index contributed by atoms with van der Waals surface area (Å²) in [6, 6.07) is 0. The summed E-state index contributed by atoms with van der Waals surface area (Å²) in [7, 11) is 0. The standard InChI is InChI=1S/C20H36O6/c21-1-2-22-3-4-23-5-6-24-7-8-25-9-10-26-20-14-17-11-18(15-20)13-19(12-17)16-20/h17-19,21H,1-16H2. The maximum absolute atomic E-state index is 8.55. The summed E-state index contributed by atoms with van der Waals surface area (Å²) < 4.78 is 27.9. The minimum atomic E-state index is 0.0523. The normalized spacial score (nSPS) is 32.4. The molecule has 4 aliphatic rings. The van der Waals surface area contributed by atoms with Crippen molar-refractivity contribution in [3.63, 3.8) is 0 Å². The van der Waals surface area contributed by atoms with Gasteiger partial charge in [0, 0.05) is 0 Å². The predicted octanol–water partition coefficient (Wildman–Crippen LogP) is 2.03. The van der Waals surface area contributed by atoms with Crippen molar-refractivity contribution in [1.82, 2.24) is 0 Å². The molecular weight excluding hydrogens is 336 g/mol. The first kappa shape index (κ1) is 20.5. The third-order valence-electron chi connectivity index (χ3n) is 5.97. The molecule has 0 aliphatic heterocycles. The molecule has 4 aliphatic carbocycles. The predicted molar refractivity (Wildman–Crippen MR) is 97.2 cm³/mol. The highest BCUT2D eigenvalue weighted by Crippen LogP contribution is 2.57. The van der Waals surface area contributed by atoms with Crippen LogP contribution >= 0.6 is 0 Å². The molecule has 4 fully saturated rings. The summed E-state index contributed by atoms with van der Waals surface area (Å²) >= 11 is 0. The van der Waals surface area contributed by atoms with Crippen molar-refractivity contribution in [2.24, 2.45) is 17.8 Å². The van der Waals surface area contributed by atoms with Crippen LogP contribution in [0.15, 0.2) is 0 Å². The van der Waals surface area contributed by atoms with Gasteiger partial charge >= 0.3 is 0 Å². The molecule has 6 nitrogen and oxygen atoms in total. The monoisotopic (exact) mass is 372 g/mol. The molecule has 152 valence electrons. The largest absolute Gasteiger partial charge is 0.394 e. The Morgan fingerprint density at radius 3 is 1.38 bits per heavy atom. The van der Waals surface area contributed by atoms with Gasteiger partial charge in [-0.1, -0.05) is 0 Å². The molecule has 0 aromatic rings. The van der Waals surface area contributed by atoms with Crippen molar-refractivity contribution in [3.8, 4) is 0 Å². The van der Waals surface area contributed by atoms with Crippen LogP contribution in [0.4, 0.5) is 0 Å². The minimum Gasteiger partial charge on any atom is -0.394 e. The number of aliphatic hydroxyl groups is 1. The van der Waals surface area contributed by atoms with E-state index in [-0.39, 0.29) is 12.2 Å². The molecule has 0 aromatic heterocycles. The van der Waals surface area contributed by atoms with E-state index >= 15 is 0 Å². The lowest BCUT2D eigenvalue weighted by Crippen LogP contribution is -2.52. The summed E-state index contributed by atoms with van der Waals surface area (Å²) in [5.41, 5.74) is 0.187. The molecule has 0 heterocycles. The van der Waals surface area contributed by atoms with Gasteiger partial charge < -0.3 is 28.8 Å². The smallest absolute Gasteiger partial charge is 0.0708 e. The summed E-state index contributed by atoms with van der Waals surface area (Å²) in [6.45, 7) is 5.12. The fraction of sp³-hybridized carbons (Fsp3) is 1.00. The van der Waals surface area contributed by atoms with Crippen LogP contribution in [0.25, 0.3) is 0 Å². The lowest BCUT2D eigenvalue weighted by molar-refractivity contribution is -0.169. The van der Waals surface area contributed by atoms with Crippen LogP contribution in [-0.2, 0) is 23.7 Å². The van der Waals surface area contributed by atoms with Gasteiger partial charge in [-0.25, -0.2) is 0 Å². The maximum Gasteiger partial charge on any atom is 0.0708 e. The van der Waals surface area contributed by atoms with E-state index in [1.54, 1.807) is 0 Å². The lowest BCUT2D eigenvalue weighted by Gasteiger charge is -2.56. The van der Waals surface area contributed by atoms with Gasteiger partial charge in [-0.3, -0.25) is 0 Å².